The van der Waals surface area contributed by atoms with Gasteiger partial charge in [0.25, 0.3) is 0 Å². The quantitative estimate of drug-likeness (QED) is 0.360. The molecule has 5 aromatic rings. The zero-order valence-electron chi connectivity index (χ0n) is 16.2. The van der Waals surface area contributed by atoms with E-state index in [9.17, 15) is 8.78 Å². The van der Waals surface area contributed by atoms with Crippen LogP contribution in [0.15, 0.2) is 85.3 Å². The minimum atomic E-state index is -0.302. The maximum absolute atomic E-state index is 13.7. The van der Waals surface area contributed by atoms with Gasteiger partial charge in [-0.05, 0) is 65.7 Å². The average Bonchev–Trinajstić information content (AvgIpc) is 3.15. The molecule has 3 aromatic heterocycles. The van der Waals surface area contributed by atoms with Gasteiger partial charge in [-0.15, -0.1) is 0 Å². The molecule has 0 bridgehead atoms. The number of benzene rings is 2. The van der Waals surface area contributed by atoms with Crippen LogP contribution in [0.2, 0.25) is 0 Å². The summed E-state index contributed by atoms with van der Waals surface area (Å²) in [6.07, 6.45) is 5.41. The fourth-order valence-electron chi connectivity index (χ4n) is 3.84. The number of halogens is 2. The Balaban J connectivity index is 1.95. The molecule has 0 aliphatic carbocycles. The molecule has 0 aliphatic heterocycles. The van der Waals surface area contributed by atoms with Crippen LogP contribution in [0.25, 0.3) is 44.5 Å². The van der Waals surface area contributed by atoms with E-state index in [1.54, 1.807) is 36.7 Å². The van der Waals surface area contributed by atoms with Gasteiger partial charge in [0.05, 0.1) is 16.7 Å². The standard InChI is InChI=1S/C25H17F2N3/c1-30-15-12-21-25(30)23(16-2-6-19(26)7-3-16)22(17-10-13-28-14-11-17)24(29-21)18-4-8-20(27)9-5-18/h2-15H,1H3. The molecule has 0 fully saturated rings. The highest BCUT2D eigenvalue weighted by molar-refractivity contribution is 6.05. The summed E-state index contributed by atoms with van der Waals surface area (Å²) in [7, 11) is 1.96. The van der Waals surface area contributed by atoms with Gasteiger partial charge in [0.15, 0.2) is 0 Å². The van der Waals surface area contributed by atoms with E-state index in [-0.39, 0.29) is 11.6 Å². The summed E-state index contributed by atoms with van der Waals surface area (Å²) >= 11 is 0. The molecule has 0 saturated heterocycles. The van der Waals surface area contributed by atoms with Crippen molar-refractivity contribution in [2.75, 3.05) is 0 Å². The van der Waals surface area contributed by atoms with Crippen LogP contribution < -0.4 is 0 Å². The van der Waals surface area contributed by atoms with Crippen LogP contribution in [-0.4, -0.2) is 14.5 Å². The van der Waals surface area contributed by atoms with Crippen molar-refractivity contribution >= 4 is 11.0 Å². The fourth-order valence-corrected chi connectivity index (χ4v) is 3.84. The van der Waals surface area contributed by atoms with Crippen molar-refractivity contribution < 1.29 is 8.78 Å². The highest BCUT2D eigenvalue weighted by atomic mass is 19.1. The summed E-state index contributed by atoms with van der Waals surface area (Å²) in [5.74, 6) is -0.594. The summed E-state index contributed by atoms with van der Waals surface area (Å²) in [4.78, 5) is 9.08. The van der Waals surface area contributed by atoms with E-state index in [0.717, 1.165) is 44.5 Å². The van der Waals surface area contributed by atoms with E-state index in [2.05, 4.69) is 4.98 Å². The first-order valence-corrected chi connectivity index (χ1v) is 9.53. The number of aryl methyl sites for hydroxylation is 1. The van der Waals surface area contributed by atoms with E-state index >= 15 is 0 Å². The predicted molar refractivity (Wildman–Crippen MR) is 115 cm³/mol. The van der Waals surface area contributed by atoms with Gasteiger partial charge in [-0.3, -0.25) is 4.98 Å². The first-order chi connectivity index (χ1) is 14.6. The third-order valence-corrected chi connectivity index (χ3v) is 5.23. The highest BCUT2D eigenvalue weighted by Gasteiger charge is 2.21. The molecule has 0 saturated carbocycles. The van der Waals surface area contributed by atoms with E-state index in [1.807, 2.05) is 36.0 Å². The first-order valence-electron chi connectivity index (χ1n) is 9.53. The molecule has 0 aliphatic rings. The van der Waals surface area contributed by atoms with Crippen LogP contribution in [0.1, 0.15) is 0 Å². The van der Waals surface area contributed by atoms with E-state index in [0.29, 0.717) is 0 Å². The smallest absolute Gasteiger partial charge is 0.123 e. The Hall–Kier alpha value is -3.86. The minimum absolute atomic E-state index is 0.292. The number of pyridine rings is 2. The van der Waals surface area contributed by atoms with Crippen LogP contribution >= 0.6 is 0 Å². The lowest BCUT2D eigenvalue weighted by Gasteiger charge is -2.18. The Bertz CT molecular complexity index is 1340. The second kappa shape index (κ2) is 7.19. The topological polar surface area (TPSA) is 30.7 Å². The number of rotatable bonds is 3. The number of aromatic nitrogens is 3. The molecule has 0 N–H and O–H groups in total. The maximum Gasteiger partial charge on any atom is 0.123 e. The highest BCUT2D eigenvalue weighted by Crippen LogP contribution is 2.43. The van der Waals surface area contributed by atoms with Gasteiger partial charge in [-0.25, -0.2) is 13.8 Å². The first kappa shape index (κ1) is 18.2. The summed E-state index contributed by atoms with van der Waals surface area (Å²) in [6, 6.07) is 18.6. The molecule has 3 nitrogen and oxygen atoms in total. The Morgan fingerprint density at radius 2 is 1.23 bits per heavy atom. The molecule has 0 spiro atoms. The summed E-state index contributed by atoms with van der Waals surface area (Å²) < 4.78 is 29.3. The minimum Gasteiger partial charge on any atom is -0.349 e. The van der Waals surface area contributed by atoms with Gasteiger partial charge in [-0.1, -0.05) is 12.1 Å². The largest absolute Gasteiger partial charge is 0.349 e. The van der Waals surface area contributed by atoms with Gasteiger partial charge < -0.3 is 4.57 Å². The van der Waals surface area contributed by atoms with Crippen molar-refractivity contribution in [2.45, 2.75) is 0 Å². The van der Waals surface area contributed by atoms with Crippen LogP contribution in [0.4, 0.5) is 8.78 Å². The van der Waals surface area contributed by atoms with Crippen LogP contribution in [-0.2, 0) is 7.05 Å². The third kappa shape index (κ3) is 3.05. The lowest BCUT2D eigenvalue weighted by molar-refractivity contribution is 0.627. The lowest BCUT2D eigenvalue weighted by Crippen LogP contribution is -1.98. The Kier molecular flexibility index (Phi) is 4.36. The molecular weight excluding hydrogens is 380 g/mol. The Morgan fingerprint density at radius 1 is 0.667 bits per heavy atom. The molecule has 0 atom stereocenters. The molecule has 0 unspecified atom stereocenters. The summed E-state index contributed by atoms with van der Waals surface area (Å²) in [5.41, 5.74) is 6.94. The summed E-state index contributed by atoms with van der Waals surface area (Å²) in [5, 5.41) is 0. The predicted octanol–water partition coefficient (Wildman–Crippen LogP) is 6.25. The zero-order chi connectivity index (χ0) is 20.7. The maximum atomic E-state index is 13.7. The molecule has 0 radical (unpaired) electrons. The van der Waals surface area contributed by atoms with Gasteiger partial charge in [0.2, 0.25) is 0 Å². The van der Waals surface area contributed by atoms with Crippen molar-refractivity contribution in [2.24, 2.45) is 7.05 Å². The van der Waals surface area contributed by atoms with Crippen molar-refractivity contribution in [1.29, 1.82) is 0 Å². The SMILES string of the molecule is Cn1ccc2nc(-c3ccc(F)cc3)c(-c3ccncc3)c(-c3ccc(F)cc3)c21. The molecular formula is C25H17F2N3. The van der Waals surface area contributed by atoms with Crippen molar-refractivity contribution in [3.63, 3.8) is 0 Å². The van der Waals surface area contributed by atoms with Gasteiger partial charge >= 0.3 is 0 Å². The molecule has 5 rings (SSSR count). The molecule has 146 valence electrons. The third-order valence-electron chi connectivity index (χ3n) is 5.23. The number of hydrogen-bond acceptors (Lipinski definition) is 2. The average molecular weight is 397 g/mol. The van der Waals surface area contributed by atoms with E-state index < -0.39 is 0 Å². The van der Waals surface area contributed by atoms with Crippen LogP contribution in [0.5, 0.6) is 0 Å². The number of nitrogens with zero attached hydrogens (tertiary/aromatic N) is 3. The monoisotopic (exact) mass is 397 g/mol. The molecule has 0 amide bonds. The van der Waals surface area contributed by atoms with Crippen LogP contribution in [0.3, 0.4) is 0 Å². The van der Waals surface area contributed by atoms with Crippen molar-refractivity contribution in [3.05, 3.63) is 97.0 Å². The second-order valence-electron chi connectivity index (χ2n) is 7.12. The van der Waals surface area contributed by atoms with Gasteiger partial charge in [-0.2, -0.15) is 0 Å². The van der Waals surface area contributed by atoms with Crippen molar-refractivity contribution in [1.82, 2.24) is 14.5 Å². The molecule has 30 heavy (non-hydrogen) atoms. The fraction of sp³-hybridized carbons (Fsp3) is 0.0400. The molecule has 3 heterocycles. The second-order valence-corrected chi connectivity index (χ2v) is 7.12. The van der Waals surface area contributed by atoms with Crippen LogP contribution in [0, 0.1) is 11.6 Å². The summed E-state index contributed by atoms with van der Waals surface area (Å²) in [6.45, 7) is 0. The molecule has 2 aromatic carbocycles. The Labute approximate surface area is 172 Å². The van der Waals surface area contributed by atoms with Crippen molar-refractivity contribution in [3.8, 4) is 33.5 Å². The van der Waals surface area contributed by atoms with E-state index in [4.69, 9.17) is 4.98 Å². The number of hydrogen-bond donors (Lipinski definition) is 0. The zero-order valence-corrected chi connectivity index (χ0v) is 16.2. The van der Waals surface area contributed by atoms with Gasteiger partial charge in [0.1, 0.15) is 11.6 Å². The Morgan fingerprint density at radius 3 is 1.87 bits per heavy atom. The normalized spacial score (nSPS) is 11.2. The van der Waals surface area contributed by atoms with E-state index in [1.165, 1.54) is 24.3 Å². The van der Waals surface area contributed by atoms with Gasteiger partial charge in [0, 0.05) is 42.3 Å². The molecule has 5 heteroatoms. The number of fused-ring (bicyclic) bond motifs is 1. The lowest BCUT2D eigenvalue weighted by atomic mass is 9.90.